The molecule has 1 aliphatic heterocycles. The first-order chi connectivity index (χ1) is 11.7. The average molecular weight is 343 g/mol. The van der Waals surface area contributed by atoms with Crippen LogP contribution < -0.4 is 4.74 Å². The van der Waals surface area contributed by atoms with Crippen molar-refractivity contribution >= 4 is 17.2 Å². The number of carbonyl (C=O) groups is 1. The molecule has 0 N–H and O–H groups in total. The molecule has 2 aromatic heterocycles. The minimum Gasteiger partial charge on any atom is -0.481 e. The van der Waals surface area contributed by atoms with Crippen LogP contribution in [0.15, 0.2) is 12.4 Å². The van der Waals surface area contributed by atoms with Gasteiger partial charge in [0.05, 0.1) is 29.8 Å². The fraction of sp³-hybridized carbons (Fsp3) is 0.500. The summed E-state index contributed by atoms with van der Waals surface area (Å²) in [6.45, 7) is 3.51. The van der Waals surface area contributed by atoms with Crippen LogP contribution >= 0.6 is 11.3 Å². The molecule has 1 atom stereocenters. The number of ether oxygens (including phenoxy) is 1. The highest BCUT2D eigenvalue weighted by Crippen LogP contribution is 2.33. The first-order valence-electron chi connectivity index (χ1n) is 8.43. The van der Waals surface area contributed by atoms with Crippen LogP contribution in [0.5, 0.6) is 5.88 Å². The van der Waals surface area contributed by atoms with Crippen LogP contribution in [0.3, 0.4) is 0 Å². The molecule has 24 heavy (non-hydrogen) atoms. The van der Waals surface area contributed by atoms with Crippen LogP contribution in [-0.4, -0.2) is 34.4 Å². The van der Waals surface area contributed by atoms with E-state index in [0.29, 0.717) is 19.0 Å². The minimum absolute atomic E-state index is 0.124. The Morgan fingerprint density at radius 2 is 2.25 bits per heavy atom. The second kappa shape index (κ2) is 6.16. The van der Waals surface area contributed by atoms with Gasteiger partial charge in [0.2, 0.25) is 5.88 Å². The summed E-state index contributed by atoms with van der Waals surface area (Å²) in [5, 5.41) is 0. The Balaban J connectivity index is 1.58. The molecular weight excluding hydrogens is 322 g/mol. The Morgan fingerprint density at radius 1 is 1.38 bits per heavy atom. The summed E-state index contributed by atoms with van der Waals surface area (Å²) in [6.07, 6.45) is 5.72. The van der Waals surface area contributed by atoms with Gasteiger partial charge in [-0.1, -0.05) is 6.92 Å². The molecule has 1 aliphatic carbocycles. The number of aromatic nitrogens is 2. The molecule has 2 aliphatic rings. The lowest BCUT2D eigenvalue weighted by atomic mass is 9.90. The maximum Gasteiger partial charge on any atom is 0.264 e. The summed E-state index contributed by atoms with van der Waals surface area (Å²) in [7, 11) is 1.61. The molecular formula is C18H21N3O2S. The standard InChI is InChI=1S/C18H21N3O2S/c1-11-3-4-15-12(7-11)8-16(24-15)18(22)21-6-5-14-13(9-21)17(23-2)20-10-19-14/h8,10-11H,3-7,9H2,1-2H3. The summed E-state index contributed by atoms with van der Waals surface area (Å²) in [5.74, 6) is 1.42. The summed E-state index contributed by atoms with van der Waals surface area (Å²) < 4.78 is 5.34. The number of methoxy groups -OCH3 is 1. The summed E-state index contributed by atoms with van der Waals surface area (Å²) in [5.41, 5.74) is 3.31. The van der Waals surface area contributed by atoms with Gasteiger partial charge in [-0.15, -0.1) is 11.3 Å². The number of thiophene rings is 1. The van der Waals surface area contributed by atoms with Crippen molar-refractivity contribution in [3.63, 3.8) is 0 Å². The van der Waals surface area contributed by atoms with Crippen molar-refractivity contribution in [1.82, 2.24) is 14.9 Å². The van der Waals surface area contributed by atoms with Crippen molar-refractivity contribution in [2.45, 2.75) is 39.2 Å². The predicted octanol–water partition coefficient (Wildman–Crippen LogP) is 2.87. The molecule has 0 bridgehead atoms. The molecule has 126 valence electrons. The van der Waals surface area contributed by atoms with Gasteiger partial charge in [0.15, 0.2) is 0 Å². The van der Waals surface area contributed by atoms with E-state index in [4.69, 9.17) is 4.74 Å². The summed E-state index contributed by atoms with van der Waals surface area (Å²) in [4.78, 5) is 25.6. The van der Waals surface area contributed by atoms with Gasteiger partial charge in [-0.2, -0.15) is 0 Å². The van der Waals surface area contributed by atoms with Gasteiger partial charge in [0.25, 0.3) is 5.91 Å². The van der Waals surface area contributed by atoms with Crippen LogP contribution in [0.1, 0.15) is 44.7 Å². The third kappa shape index (κ3) is 2.69. The number of hydrogen-bond donors (Lipinski definition) is 0. The highest BCUT2D eigenvalue weighted by molar-refractivity contribution is 7.14. The monoisotopic (exact) mass is 343 g/mol. The van der Waals surface area contributed by atoms with Crippen LogP contribution in [-0.2, 0) is 25.8 Å². The zero-order valence-corrected chi connectivity index (χ0v) is 14.9. The van der Waals surface area contributed by atoms with Crippen molar-refractivity contribution in [3.05, 3.63) is 39.0 Å². The van der Waals surface area contributed by atoms with Crippen LogP contribution in [0.2, 0.25) is 0 Å². The fourth-order valence-corrected chi connectivity index (χ4v) is 4.81. The second-order valence-corrected chi connectivity index (χ2v) is 7.83. The molecule has 0 fully saturated rings. The van der Waals surface area contributed by atoms with Gasteiger partial charge in [-0.25, -0.2) is 9.97 Å². The smallest absolute Gasteiger partial charge is 0.264 e. The second-order valence-electron chi connectivity index (χ2n) is 6.69. The Hall–Kier alpha value is -1.95. The zero-order chi connectivity index (χ0) is 16.7. The van der Waals surface area contributed by atoms with E-state index < -0.39 is 0 Å². The van der Waals surface area contributed by atoms with Gasteiger partial charge in [-0.05, 0) is 36.8 Å². The largest absolute Gasteiger partial charge is 0.481 e. The predicted molar refractivity (Wildman–Crippen MR) is 92.5 cm³/mol. The molecule has 4 rings (SSSR count). The first-order valence-corrected chi connectivity index (χ1v) is 9.25. The Kier molecular flexibility index (Phi) is 4.00. The number of hydrogen-bond acceptors (Lipinski definition) is 5. The molecule has 0 aromatic carbocycles. The third-order valence-corrected chi connectivity index (χ3v) is 6.21. The molecule has 0 saturated heterocycles. The van der Waals surface area contributed by atoms with E-state index in [0.717, 1.165) is 41.3 Å². The summed E-state index contributed by atoms with van der Waals surface area (Å²) >= 11 is 1.68. The Bertz CT molecular complexity index is 772. The number of aryl methyl sites for hydroxylation is 1. The normalized spacial score (nSPS) is 19.6. The number of amides is 1. The van der Waals surface area contributed by atoms with Crippen LogP contribution in [0, 0.1) is 5.92 Å². The molecule has 1 amide bonds. The Labute approximate surface area is 145 Å². The first kappa shape index (κ1) is 15.6. The van der Waals surface area contributed by atoms with Crippen LogP contribution in [0.25, 0.3) is 0 Å². The topological polar surface area (TPSA) is 55.3 Å². The molecule has 1 unspecified atom stereocenters. The molecule has 0 radical (unpaired) electrons. The number of fused-ring (bicyclic) bond motifs is 2. The molecule has 5 nitrogen and oxygen atoms in total. The quantitative estimate of drug-likeness (QED) is 0.841. The van der Waals surface area contributed by atoms with Gasteiger partial charge in [0, 0.05) is 17.8 Å². The van der Waals surface area contributed by atoms with Crippen molar-refractivity contribution in [2.24, 2.45) is 5.92 Å². The maximum atomic E-state index is 13.0. The van der Waals surface area contributed by atoms with Gasteiger partial charge < -0.3 is 9.64 Å². The van der Waals surface area contributed by atoms with Gasteiger partial charge >= 0.3 is 0 Å². The highest BCUT2D eigenvalue weighted by Gasteiger charge is 2.28. The average Bonchev–Trinajstić information content (AvgIpc) is 3.03. The number of carbonyl (C=O) groups excluding carboxylic acids is 1. The van der Waals surface area contributed by atoms with E-state index in [1.54, 1.807) is 18.4 Å². The SMILES string of the molecule is COc1ncnc2c1CN(C(=O)c1cc3c(s1)CCC(C)C3)CC2. The molecule has 6 heteroatoms. The van der Waals surface area contributed by atoms with E-state index in [1.165, 1.54) is 23.2 Å². The molecule has 2 aromatic rings. The van der Waals surface area contributed by atoms with Crippen molar-refractivity contribution in [2.75, 3.05) is 13.7 Å². The lowest BCUT2D eigenvalue weighted by Crippen LogP contribution is -2.36. The number of nitrogens with zero attached hydrogens (tertiary/aromatic N) is 3. The van der Waals surface area contributed by atoms with E-state index in [2.05, 4.69) is 23.0 Å². The maximum absolute atomic E-state index is 13.0. The lowest BCUT2D eigenvalue weighted by Gasteiger charge is -2.28. The van der Waals surface area contributed by atoms with E-state index >= 15 is 0 Å². The Morgan fingerprint density at radius 3 is 3.08 bits per heavy atom. The van der Waals surface area contributed by atoms with Gasteiger partial charge in [-0.3, -0.25) is 4.79 Å². The number of rotatable bonds is 2. The van der Waals surface area contributed by atoms with E-state index in [-0.39, 0.29) is 5.91 Å². The zero-order valence-electron chi connectivity index (χ0n) is 14.0. The highest BCUT2D eigenvalue weighted by atomic mass is 32.1. The third-order valence-electron chi connectivity index (χ3n) is 4.98. The van der Waals surface area contributed by atoms with Crippen LogP contribution in [0.4, 0.5) is 0 Å². The molecule has 0 saturated carbocycles. The molecule has 3 heterocycles. The minimum atomic E-state index is 0.124. The van der Waals surface area contributed by atoms with Crippen molar-refractivity contribution in [3.8, 4) is 5.88 Å². The lowest BCUT2D eigenvalue weighted by molar-refractivity contribution is 0.0736. The molecule has 0 spiro atoms. The summed E-state index contributed by atoms with van der Waals surface area (Å²) in [6, 6.07) is 2.12. The van der Waals surface area contributed by atoms with Crippen molar-refractivity contribution in [1.29, 1.82) is 0 Å². The fourth-order valence-electron chi connectivity index (χ4n) is 3.63. The van der Waals surface area contributed by atoms with E-state index in [1.807, 2.05) is 4.90 Å². The van der Waals surface area contributed by atoms with Gasteiger partial charge in [0.1, 0.15) is 6.33 Å². The van der Waals surface area contributed by atoms with E-state index in [9.17, 15) is 4.79 Å². The van der Waals surface area contributed by atoms with Crippen molar-refractivity contribution < 1.29 is 9.53 Å².